The Kier molecular flexibility index (Phi) is 4.21. The minimum atomic E-state index is -1.03. The molecule has 0 bridgehead atoms. The highest BCUT2D eigenvalue weighted by atomic mass is 16.4. The number of nitrogens with zero attached hydrogens (tertiary/aromatic N) is 2. The number of anilines is 2. The minimum absolute atomic E-state index is 0.0980. The zero-order valence-electron chi connectivity index (χ0n) is 11.1. The lowest BCUT2D eigenvalue weighted by Gasteiger charge is -2.29. The summed E-state index contributed by atoms with van der Waals surface area (Å²) in [6.45, 7) is 3.05. The predicted octanol–water partition coefficient (Wildman–Crippen LogP) is 1.12. The lowest BCUT2D eigenvalue weighted by molar-refractivity contribution is 0.0698. The van der Waals surface area contributed by atoms with Crippen molar-refractivity contribution in [2.45, 2.75) is 12.8 Å². The van der Waals surface area contributed by atoms with Gasteiger partial charge in [-0.15, -0.1) is 0 Å². The fourth-order valence-corrected chi connectivity index (χ4v) is 2.26. The van der Waals surface area contributed by atoms with Crippen molar-refractivity contribution in [3.8, 4) is 0 Å². The summed E-state index contributed by atoms with van der Waals surface area (Å²) in [5, 5.41) is 12.2. The number of carboxylic acids is 1. The van der Waals surface area contributed by atoms with Crippen molar-refractivity contribution in [1.29, 1.82) is 0 Å². The molecule has 1 saturated heterocycles. The van der Waals surface area contributed by atoms with Crippen LogP contribution in [-0.2, 0) is 0 Å². The molecule has 1 aromatic rings. The van der Waals surface area contributed by atoms with Gasteiger partial charge >= 0.3 is 5.97 Å². The minimum Gasteiger partial charge on any atom is -0.478 e. The number of carbonyl (C=O) groups is 1. The van der Waals surface area contributed by atoms with E-state index in [1.54, 1.807) is 0 Å². The number of carboxylic acid groups (broad SMARTS) is 1. The number of nitrogens with one attached hydrogen (secondary N) is 1. The van der Waals surface area contributed by atoms with Gasteiger partial charge < -0.3 is 21.1 Å². The number of hydrogen-bond donors (Lipinski definition) is 3. The molecule has 0 aromatic carbocycles. The van der Waals surface area contributed by atoms with Crippen LogP contribution in [0.2, 0.25) is 0 Å². The van der Waals surface area contributed by atoms with Crippen LogP contribution in [0.4, 0.5) is 11.5 Å². The van der Waals surface area contributed by atoms with Gasteiger partial charge in [-0.2, -0.15) is 0 Å². The monoisotopic (exact) mass is 264 g/mol. The SMILES string of the molecule is CN1CCC(CNc2cc(C(=O)O)c(N)cn2)CC1. The molecule has 0 atom stereocenters. The highest BCUT2D eigenvalue weighted by molar-refractivity contribution is 5.94. The number of aromatic nitrogens is 1. The Labute approximate surface area is 112 Å². The first-order chi connectivity index (χ1) is 9.06. The smallest absolute Gasteiger partial charge is 0.337 e. The summed E-state index contributed by atoms with van der Waals surface area (Å²) in [5.41, 5.74) is 5.86. The van der Waals surface area contributed by atoms with Gasteiger partial charge in [0.15, 0.2) is 0 Å². The van der Waals surface area contributed by atoms with Crippen molar-refractivity contribution in [2.75, 3.05) is 37.7 Å². The molecule has 6 heteroatoms. The van der Waals surface area contributed by atoms with Crippen molar-refractivity contribution in [2.24, 2.45) is 5.92 Å². The van der Waals surface area contributed by atoms with Gasteiger partial charge in [-0.3, -0.25) is 0 Å². The van der Waals surface area contributed by atoms with Crippen molar-refractivity contribution >= 4 is 17.5 Å². The third-order valence-corrected chi connectivity index (χ3v) is 3.58. The molecule has 0 aliphatic carbocycles. The summed E-state index contributed by atoms with van der Waals surface area (Å²) < 4.78 is 0. The second-order valence-corrected chi connectivity index (χ2v) is 5.09. The number of likely N-dealkylation sites (tertiary alicyclic amines) is 1. The van der Waals surface area contributed by atoms with E-state index in [1.807, 2.05) is 0 Å². The maximum atomic E-state index is 11.0. The predicted molar refractivity (Wildman–Crippen MR) is 74.3 cm³/mol. The Morgan fingerprint density at radius 2 is 2.26 bits per heavy atom. The first-order valence-electron chi connectivity index (χ1n) is 6.47. The number of nitrogens with two attached hydrogens (primary N) is 1. The molecule has 1 aliphatic heterocycles. The zero-order chi connectivity index (χ0) is 13.8. The summed E-state index contributed by atoms with van der Waals surface area (Å²) >= 11 is 0. The average Bonchev–Trinajstić information content (AvgIpc) is 2.39. The molecule has 6 nitrogen and oxygen atoms in total. The van der Waals surface area contributed by atoms with Crippen LogP contribution in [-0.4, -0.2) is 47.6 Å². The zero-order valence-corrected chi connectivity index (χ0v) is 11.1. The van der Waals surface area contributed by atoms with Crippen LogP contribution in [0.3, 0.4) is 0 Å². The molecule has 2 rings (SSSR count). The Hall–Kier alpha value is -1.82. The number of piperidine rings is 1. The van der Waals surface area contributed by atoms with E-state index in [2.05, 4.69) is 22.2 Å². The van der Waals surface area contributed by atoms with Crippen LogP contribution in [0, 0.1) is 5.92 Å². The molecule has 19 heavy (non-hydrogen) atoms. The fourth-order valence-electron chi connectivity index (χ4n) is 2.26. The molecule has 1 aliphatic rings. The van der Waals surface area contributed by atoms with E-state index >= 15 is 0 Å². The van der Waals surface area contributed by atoms with Gasteiger partial charge in [-0.1, -0.05) is 0 Å². The van der Waals surface area contributed by atoms with Gasteiger partial charge in [-0.05, 0) is 45.0 Å². The van der Waals surface area contributed by atoms with Crippen LogP contribution in [0.1, 0.15) is 23.2 Å². The maximum Gasteiger partial charge on any atom is 0.337 e. The molecule has 0 saturated carbocycles. The Bertz CT molecular complexity index is 456. The first-order valence-corrected chi connectivity index (χ1v) is 6.47. The number of rotatable bonds is 4. The Balaban J connectivity index is 1.92. The van der Waals surface area contributed by atoms with Crippen molar-refractivity contribution in [3.05, 3.63) is 17.8 Å². The summed E-state index contributed by atoms with van der Waals surface area (Å²) in [6.07, 6.45) is 3.70. The second-order valence-electron chi connectivity index (χ2n) is 5.09. The Morgan fingerprint density at radius 1 is 1.58 bits per heavy atom. The van der Waals surface area contributed by atoms with Crippen LogP contribution >= 0.6 is 0 Å². The number of nitrogen functional groups attached to an aromatic ring is 1. The largest absolute Gasteiger partial charge is 0.478 e. The highest BCUT2D eigenvalue weighted by Crippen LogP contribution is 2.18. The van der Waals surface area contributed by atoms with Gasteiger partial charge in [-0.25, -0.2) is 9.78 Å². The number of aromatic carboxylic acids is 1. The summed E-state index contributed by atoms with van der Waals surface area (Å²) in [7, 11) is 2.13. The summed E-state index contributed by atoms with van der Waals surface area (Å²) in [6, 6.07) is 1.49. The van der Waals surface area contributed by atoms with E-state index in [0.717, 1.165) is 32.5 Å². The lowest BCUT2D eigenvalue weighted by Crippen LogP contribution is -2.33. The summed E-state index contributed by atoms with van der Waals surface area (Å²) in [4.78, 5) is 17.4. The van der Waals surface area contributed by atoms with Crippen molar-refractivity contribution in [3.63, 3.8) is 0 Å². The summed E-state index contributed by atoms with van der Waals surface area (Å²) in [5.74, 6) is 0.164. The number of pyridine rings is 1. The molecule has 0 spiro atoms. The van der Waals surface area contributed by atoms with Crippen molar-refractivity contribution < 1.29 is 9.90 Å². The lowest BCUT2D eigenvalue weighted by atomic mass is 9.97. The van der Waals surface area contributed by atoms with Crippen LogP contribution in [0.5, 0.6) is 0 Å². The third-order valence-electron chi connectivity index (χ3n) is 3.58. The van der Waals surface area contributed by atoms with Gasteiger partial charge in [0.2, 0.25) is 0 Å². The Morgan fingerprint density at radius 3 is 2.89 bits per heavy atom. The topological polar surface area (TPSA) is 91.5 Å². The molecular formula is C13H20N4O2. The van der Waals surface area contributed by atoms with Gasteiger partial charge in [0.25, 0.3) is 0 Å². The molecule has 2 heterocycles. The van der Waals surface area contributed by atoms with Crippen LogP contribution in [0.15, 0.2) is 12.3 Å². The van der Waals surface area contributed by atoms with E-state index in [0.29, 0.717) is 11.7 Å². The molecule has 0 unspecified atom stereocenters. The average molecular weight is 264 g/mol. The fraction of sp³-hybridized carbons (Fsp3) is 0.538. The van der Waals surface area contributed by atoms with E-state index in [1.165, 1.54) is 12.3 Å². The molecule has 104 valence electrons. The standard InChI is InChI=1S/C13H20N4O2/c1-17-4-2-9(3-5-17)7-15-12-6-10(13(18)19)11(14)8-16-12/h6,8-9H,2-5,7,14H2,1H3,(H,15,16)(H,18,19). The third kappa shape index (κ3) is 3.57. The van der Waals surface area contributed by atoms with Crippen molar-refractivity contribution in [1.82, 2.24) is 9.88 Å². The molecular weight excluding hydrogens is 244 g/mol. The highest BCUT2D eigenvalue weighted by Gasteiger charge is 2.17. The molecule has 4 N–H and O–H groups in total. The van der Waals surface area contributed by atoms with E-state index < -0.39 is 5.97 Å². The van der Waals surface area contributed by atoms with Crippen LogP contribution in [0.25, 0.3) is 0 Å². The van der Waals surface area contributed by atoms with E-state index in [-0.39, 0.29) is 11.3 Å². The van der Waals surface area contributed by atoms with Gasteiger partial charge in [0, 0.05) is 6.54 Å². The van der Waals surface area contributed by atoms with E-state index in [4.69, 9.17) is 10.8 Å². The number of hydrogen-bond acceptors (Lipinski definition) is 5. The molecule has 1 fully saturated rings. The van der Waals surface area contributed by atoms with Crippen LogP contribution < -0.4 is 11.1 Å². The molecule has 0 radical (unpaired) electrons. The van der Waals surface area contributed by atoms with E-state index in [9.17, 15) is 4.79 Å². The second kappa shape index (κ2) is 5.88. The maximum absolute atomic E-state index is 11.0. The molecule has 0 amide bonds. The normalized spacial score (nSPS) is 17.3. The first kappa shape index (κ1) is 13.6. The van der Waals surface area contributed by atoms with Gasteiger partial charge in [0.1, 0.15) is 5.82 Å². The molecule has 1 aromatic heterocycles. The van der Waals surface area contributed by atoms with Gasteiger partial charge in [0.05, 0.1) is 17.4 Å². The quantitative estimate of drug-likeness (QED) is 0.754.